The molecule has 4 rings (SSSR count). The molecule has 148 valence electrons. The van der Waals surface area contributed by atoms with Crippen LogP contribution in [0.2, 0.25) is 0 Å². The van der Waals surface area contributed by atoms with Gasteiger partial charge >= 0.3 is 0 Å². The van der Waals surface area contributed by atoms with Gasteiger partial charge in [0.05, 0.1) is 16.9 Å². The van der Waals surface area contributed by atoms with Crippen LogP contribution in [-0.4, -0.2) is 45.5 Å². The van der Waals surface area contributed by atoms with Crippen molar-refractivity contribution in [2.24, 2.45) is 0 Å². The molecule has 0 atom stereocenters. The molecule has 0 bridgehead atoms. The summed E-state index contributed by atoms with van der Waals surface area (Å²) in [6.07, 6.45) is 4.83. The van der Waals surface area contributed by atoms with Crippen LogP contribution in [0.1, 0.15) is 22.6 Å². The average molecular weight is 421 g/mol. The van der Waals surface area contributed by atoms with Gasteiger partial charge in [-0.05, 0) is 44.2 Å². The molecule has 0 spiro atoms. The number of rotatable bonds is 4. The lowest BCUT2D eigenvalue weighted by Gasteiger charge is -2.14. The van der Waals surface area contributed by atoms with Crippen molar-refractivity contribution in [3.63, 3.8) is 0 Å². The van der Waals surface area contributed by atoms with E-state index in [0.717, 1.165) is 36.1 Å². The maximum atomic E-state index is 12.5. The van der Waals surface area contributed by atoms with E-state index in [0.29, 0.717) is 17.9 Å². The van der Waals surface area contributed by atoms with E-state index in [-0.39, 0.29) is 30.7 Å². The number of halogens is 2. The van der Waals surface area contributed by atoms with Gasteiger partial charge in [-0.1, -0.05) is 22.9 Å². The number of nitrogens with zero attached hydrogens (tertiary/aromatic N) is 4. The smallest absolute Gasteiger partial charge is 0.274 e. The first-order valence-corrected chi connectivity index (χ1v) is 8.67. The van der Waals surface area contributed by atoms with Gasteiger partial charge in [0.25, 0.3) is 5.91 Å². The maximum Gasteiger partial charge on any atom is 0.274 e. The molecule has 2 aromatic heterocycles. The average Bonchev–Trinajstić information content (AvgIpc) is 3.08. The highest BCUT2D eigenvalue weighted by atomic mass is 35.5. The minimum absolute atomic E-state index is 0. The molecule has 2 N–H and O–H groups in total. The highest BCUT2D eigenvalue weighted by Gasteiger charge is 2.18. The van der Waals surface area contributed by atoms with E-state index in [1.165, 1.54) is 5.57 Å². The van der Waals surface area contributed by atoms with E-state index in [1.807, 2.05) is 37.3 Å². The van der Waals surface area contributed by atoms with E-state index in [4.69, 9.17) is 0 Å². The number of carbonyl (C=O) groups excluding carboxylic acids is 1. The number of benzene rings is 1. The lowest BCUT2D eigenvalue weighted by molar-refractivity contribution is 0.0951. The number of carbonyl (C=O) groups is 1. The standard InChI is InChI=1S/C19H20N6O.2ClH/c1-13-18(19(26)22-12-14-7-10-20-11-8-14)23-24-25(13)17-6-2-5-16-15(17)4-3-9-21-16;;/h2-7,9,20H,8,10-12H2,1H3,(H,22,26);2*1H. The molecule has 7 nitrogen and oxygen atoms in total. The summed E-state index contributed by atoms with van der Waals surface area (Å²) in [7, 11) is 0. The molecule has 0 aliphatic carbocycles. The lowest BCUT2D eigenvalue weighted by Crippen LogP contribution is -2.30. The van der Waals surface area contributed by atoms with Gasteiger partial charge < -0.3 is 10.6 Å². The first-order valence-electron chi connectivity index (χ1n) is 8.67. The van der Waals surface area contributed by atoms with Crippen LogP contribution in [0.5, 0.6) is 0 Å². The Balaban J connectivity index is 0.00000140. The summed E-state index contributed by atoms with van der Waals surface area (Å²) in [6, 6.07) is 9.70. The first-order chi connectivity index (χ1) is 12.7. The number of hydrogen-bond donors (Lipinski definition) is 2. The van der Waals surface area contributed by atoms with Crippen molar-refractivity contribution in [1.82, 2.24) is 30.6 Å². The third kappa shape index (κ3) is 4.32. The van der Waals surface area contributed by atoms with Gasteiger partial charge in [-0.15, -0.1) is 29.9 Å². The molecule has 1 aromatic carbocycles. The van der Waals surface area contributed by atoms with Gasteiger partial charge in [0, 0.05) is 24.7 Å². The number of fused-ring (bicyclic) bond motifs is 1. The van der Waals surface area contributed by atoms with Crippen molar-refractivity contribution in [3.05, 3.63) is 59.6 Å². The Kier molecular flexibility index (Phi) is 7.51. The van der Waals surface area contributed by atoms with Gasteiger partial charge in [-0.3, -0.25) is 9.78 Å². The first kappa shape index (κ1) is 21.8. The minimum Gasteiger partial charge on any atom is -0.347 e. The van der Waals surface area contributed by atoms with Crippen molar-refractivity contribution in [1.29, 1.82) is 0 Å². The summed E-state index contributed by atoms with van der Waals surface area (Å²) in [5.41, 5.74) is 4.03. The molecule has 3 aromatic rings. The number of nitrogens with one attached hydrogen (secondary N) is 2. The minimum atomic E-state index is -0.202. The van der Waals surface area contributed by atoms with E-state index < -0.39 is 0 Å². The number of pyridine rings is 1. The Morgan fingerprint density at radius 3 is 2.89 bits per heavy atom. The number of amides is 1. The summed E-state index contributed by atoms with van der Waals surface area (Å²) >= 11 is 0. The molecule has 0 fully saturated rings. The molecule has 3 heterocycles. The molecule has 9 heteroatoms. The summed E-state index contributed by atoms with van der Waals surface area (Å²) in [6.45, 7) is 4.21. The molecule has 0 radical (unpaired) electrons. The Bertz CT molecular complexity index is 996. The highest BCUT2D eigenvalue weighted by Crippen LogP contribution is 2.21. The zero-order valence-electron chi connectivity index (χ0n) is 15.4. The zero-order chi connectivity index (χ0) is 17.9. The van der Waals surface area contributed by atoms with Crippen LogP contribution in [0.25, 0.3) is 16.6 Å². The Hall–Kier alpha value is -2.48. The van der Waals surface area contributed by atoms with E-state index in [2.05, 4.69) is 32.0 Å². The normalized spacial score (nSPS) is 13.2. The van der Waals surface area contributed by atoms with Gasteiger partial charge in [0.1, 0.15) is 0 Å². The van der Waals surface area contributed by atoms with Crippen molar-refractivity contribution in [2.45, 2.75) is 13.3 Å². The third-order valence-corrected chi connectivity index (χ3v) is 4.59. The summed E-state index contributed by atoms with van der Waals surface area (Å²) in [5.74, 6) is -0.202. The third-order valence-electron chi connectivity index (χ3n) is 4.59. The van der Waals surface area contributed by atoms with E-state index >= 15 is 0 Å². The predicted molar refractivity (Wildman–Crippen MR) is 114 cm³/mol. The Morgan fingerprint density at radius 2 is 2.11 bits per heavy atom. The summed E-state index contributed by atoms with van der Waals surface area (Å²) in [4.78, 5) is 16.9. The van der Waals surface area contributed by atoms with Crippen molar-refractivity contribution >= 4 is 41.6 Å². The van der Waals surface area contributed by atoms with Crippen LogP contribution in [0.3, 0.4) is 0 Å². The van der Waals surface area contributed by atoms with Crippen molar-refractivity contribution in [3.8, 4) is 5.69 Å². The van der Waals surface area contributed by atoms with Crippen LogP contribution in [0.15, 0.2) is 48.2 Å². The van der Waals surface area contributed by atoms with Crippen LogP contribution < -0.4 is 10.6 Å². The van der Waals surface area contributed by atoms with Crippen LogP contribution >= 0.6 is 24.8 Å². The Labute approximate surface area is 175 Å². The second-order valence-electron chi connectivity index (χ2n) is 6.28. The van der Waals surface area contributed by atoms with Crippen LogP contribution in [0.4, 0.5) is 0 Å². The molecule has 0 saturated carbocycles. The lowest BCUT2D eigenvalue weighted by atomic mass is 10.1. The molecular formula is C19H22Cl2N6O. The predicted octanol–water partition coefficient (Wildman–Crippen LogP) is 2.62. The maximum absolute atomic E-state index is 12.5. The fourth-order valence-electron chi connectivity index (χ4n) is 3.15. The van der Waals surface area contributed by atoms with Gasteiger partial charge in [-0.2, -0.15) is 0 Å². The molecule has 1 aliphatic rings. The quantitative estimate of drug-likeness (QED) is 0.633. The summed E-state index contributed by atoms with van der Waals surface area (Å²) in [5, 5.41) is 15.5. The summed E-state index contributed by atoms with van der Waals surface area (Å²) < 4.78 is 1.70. The second kappa shape index (κ2) is 9.64. The van der Waals surface area contributed by atoms with Crippen LogP contribution in [0, 0.1) is 6.92 Å². The van der Waals surface area contributed by atoms with Gasteiger partial charge in [0.15, 0.2) is 5.69 Å². The number of hydrogen-bond acceptors (Lipinski definition) is 5. The Morgan fingerprint density at radius 1 is 1.25 bits per heavy atom. The van der Waals surface area contributed by atoms with Gasteiger partial charge in [0.2, 0.25) is 0 Å². The fourth-order valence-corrected chi connectivity index (χ4v) is 3.15. The van der Waals surface area contributed by atoms with E-state index in [1.54, 1.807) is 10.9 Å². The largest absolute Gasteiger partial charge is 0.347 e. The van der Waals surface area contributed by atoms with Gasteiger partial charge in [-0.25, -0.2) is 4.68 Å². The second-order valence-corrected chi connectivity index (χ2v) is 6.28. The molecule has 0 saturated heterocycles. The number of aromatic nitrogens is 4. The highest BCUT2D eigenvalue weighted by molar-refractivity contribution is 5.94. The van der Waals surface area contributed by atoms with E-state index in [9.17, 15) is 4.79 Å². The van der Waals surface area contributed by atoms with Crippen LogP contribution in [-0.2, 0) is 0 Å². The zero-order valence-corrected chi connectivity index (χ0v) is 17.0. The monoisotopic (exact) mass is 420 g/mol. The molecular weight excluding hydrogens is 399 g/mol. The topological polar surface area (TPSA) is 84.7 Å². The molecule has 1 aliphatic heterocycles. The molecule has 28 heavy (non-hydrogen) atoms. The van der Waals surface area contributed by atoms with Crippen molar-refractivity contribution < 1.29 is 4.79 Å². The molecule has 0 unspecified atom stereocenters. The molecule has 1 amide bonds. The van der Waals surface area contributed by atoms with Crippen molar-refractivity contribution in [2.75, 3.05) is 19.6 Å². The SMILES string of the molecule is Cc1c(C(=O)NCC2=CCNCC2)nnn1-c1cccc2ncccc12.Cl.Cl. The fraction of sp³-hybridized carbons (Fsp3) is 0.263.